The van der Waals surface area contributed by atoms with Gasteiger partial charge in [0.05, 0.1) is 11.1 Å². The molecule has 2 aromatic rings. The first-order valence-electron chi connectivity index (χ1n) is 9.19. The van der Waals surface area contributed by atoms with Crippen LogP contribution in [0.25, 0.3) is 0 Å². The number of para-hydroxylation sites is 2. The van der Waals surface area contributed by atoms with Crippen LogP contribution in [0.2, 0.25) is 0 Å². The number of aliphatic imine (C=N–C) groups is 2. The van der Waals surface area contributed by atoms with Gasteiger partial charge in [-0.1, -0.05) is 47.9 Å². The van der Waals surface area contributed by atoms with E-state index in [-0.39, 0.29) is 60.8 Å². The summed E-state index contributed by atoms with van der Waals surface area (Å²) >= 11 is 0. The molecule has 0 aromatic heterocycles. The molecule has 2 aliphatic rings. The van der Waals surface area contributed by atoms with E-state index in [9.17, 15) is 29.4 Å². The van der Waals surface area contributed by atoms with Crippen molar-refractivity contribution in [3.8, 4) is 11.5 Å². The van der Waals surface area contributed by atoms with Crippen LogP contribution in [0.1, 0.15) is 20.7 Å². The van der Waals surface area contributed by atoms with Gasteiger partial charge in [-0.2, -0.15) is 0 Å². The molecule has 3 amide bonds. The number of carboxylic acids is 2. The van der Waals surface area contributed by atoms with Crippen LogP contribution in [0.5, 0.6) is 11.5 Å². The average Bonchev–Trinajstić information content (AvgIpc) is 3.28. The second kappa shape index (κ2) is 12.7. The monoisotopic (exact) mass is 494 g/mol. The van der Waals surface area contributed by atoms with E-state index < -0.39 is 29.6 Å². The van der Waals surface area contributed by atoms with Crippen molar-refractivity contribution in [3.05, 3.63) is 59.7 Å². The first kappa shape index (κ1) is 28.6. The first-order valence-corrected chi connectivity index (χ1v) is 9.19. The third kappa shape index (κ3) is 6.76. The first-order chi connectivity index (χ1) is 15.6. The Kier molecular flexibility index (Phi) is 10.6. The van der Waals surface area contributed by atoms with Gasteiger partial charge in [0, 0.05) is 14.1 Å². The molecule has 2 N–H and O–H groups in total. The molecular weight excluding hydrogens is 476 g/mol. The number of hydrogen-bond acceptors (Lipinski definition) is 8. The number of carboxylic acid groups (broad SMARTS) is 2. The van der Waals surface area contributed by atoms with Gasteiger partial charge in [0.15, 0.2) is 11.9 Å². The van der Waals surface area contributed by atoms with Crippen molar-refractivity contribution in [2.24, 2.45) is 9.98 Å². The van der Waals surface area contributed by atoms with E-state index in [0.717, 1.165) is 4.90 Å². The summed E-state index contributed by atoms with van der Waals surface area (Å²) in [7, 11) is 3.02. The summed E-state index contributed by atoms with van der Waals surface area (Å²) in [6.45, 7) is 0. The Hall–Kier alpha value is -3.48. The second-order valence-electron chi connectivity index (χ2n) is 6.51. The zero-order chi connectivity index (χ0) is 24.7. The molecule has 13 heteroatoms. The number of fused-ring (bicyclic) bond motifs is 1. The molecule has 2 aromatic carbocycles. The maximum atomic E-state index is 11.4. The average molecular weight is 494 g/mol. The number of aromatic carboxylic acids is 2. The topological polar surface area (TPSA) is 186 Å². The summed E-state index contributed by atoms with van der Waals surface area (Å²) in [6.07, 6.45) is 0.789. The van der Waals surface area contributed by atoms with Gasteiger partial charge in [0.25, 0.3) is 5.91 Å². The summed E-state index contributed by atoms with van der Waals surface area (Å²) in [6, 6.07) is 10.7. The third-order valence-electron chi connectivity index (χ3n) is 4.36. The van der Waals surface area contributed by atoms with Gasteiger partial charge < -0.3 is 20.4 Å². The van der Waals surface area contributed by atoms with Crippen LogP contribution in [0.4, 0.5) is 4.79 Å². The van der Waals surface area contributed by atoms with Gasteiger partial charge in [-0.3, -0.25) is 14.6 Å². The fourth-order valence-electron chi connectivity index (χ4n) is 2.63. The Morgan fingerprint density at radius 1 is 0.882 bits per heavy atom. The van der Waals surface area contributed by atoms with E-state index in [1.807, 2.05) is 0 Å². The normalized spacial score (nSPS) is 15.6. The molecule has 34 heavy (non-hydrogen) atoms. The molecular formula is C21H18CaN4O8. The summed E-state index contributed by atoms with van der Waals surface area (Å²) in [5, 5.41) is 38.1. The number of carbonyl (C=O) groups is 4. The molecule has 0 radical (unpaired) electrons. The molecule has 1 fully saturated rings. The van der Waals surface area contributed by atoms with Crippen LogP contribution in [0, 0.1) is 0 Å². The summed E-state index contributed by atoms with van der Waals surface area (Å²) in [5.41, 5.74) is -0.0467. The molecule has 4 rings (SSSR count). The number of amides is 3. The molecule has 0 saturated carbocycles. The number of benzene rings is 2. The van der Waals surface area contributed by atoms with Gasteiger partial charge >= 0.3 is 55.7 Å². The predicted molar refractivity (Wildman–Crippen MR) is 117 cm³/mol. The Labute approximate surface area is 223 Å². The summed E-state index contributed by atoms with van der Waals surface area (Å²) in [4.78, 5) is 53.4. The van der Waals surface area contributed by atoms with Crippen LogP contribution >= 0.6 is 0 Å². The fourth-order valence-corrected chi connectivity index (χ4v) is 2.63. The number of hydrogen-bond donors (Lipinski definition) is 2. The minimum atomic E-state index is -1.18. The van der Waals surface area contributed by atoms with Crippen LogP contribution < -0.4 is 10.2 Å². The van der Waals surface area contributed by atoms with Gasteiger partial charge in [-0.15, -0.1) is 0 Å². The van der Waals surface area contributed by atoms with Gasteiger partial charge in [0.2, 0.25) is 0 Å². The minimum Gasteiger partial charge on any atom is -0.872 e. The molecule has 2 heterocycles. The SMILES string of the molecule is CN1C(=O)C2=NC=NC2N(C)C1=O.O=C(O)c1ccccc1[O-].O=C(O)c1ccccc1[O-].[Ca+2]. The quantitative estimate of drug-likeness (QED) is 0.540. The molecule has 1 atom stereocenters. The van der Waals surface area contributed by atoms with Gasteiger partial charge in [-0.05, 0) is 12.1 Å². The Balaban J connectivity index is 0.000000255. The van der Waals surface area contributed by atoms with Crippen LogP contribution in [-0.2, 0) is 4.79 Å². The minimum absolute atomic E-state index is 0. The van der Waals surface area contributed by atoms with Gasteiger partial charge in [-0.25, -0.2) is 24.4 Å². The van der Waals surface area contributed by atoms with Crippen molar-refractivity contribution >= 4 is 73.7 Å². The van der Waals surface area contributed by atoms with Crippen molar-refractivity contribution in [2.75, 3.05) is 14.1 Å². The largest absolute Gasteiger partial charge is 2.00 e. The Bertz CT molecular complexity index is 1100. The Morgan fingerprint density at radius 2 is 1.32 bits per heavy atom. The third-order valence-corrected chi connectivity index (χ3v) is 4.36. The summed E-state index contributed by atoms with van der Waals surface area (Å²) < 4.78 is 0. The molecule has 0 spiro atoms. The van der Waals surface area contributed by atoms with E-state index in [2.05, 4.69) is 9.98 Å². The number of rotatable bonds is 2. The van der Waals surface area contributed by atoms with Crippen molar-refractivity contribution in [1.29, 1.82) is 0 Å². The van der Waals surface area contributed by atoms with Crippen LogP contribution in [0.15, 0.2) is 58.5 Å². The van der Waals surface area contributed by atoms with E-state index in [1.165, 1.54) is 66.8 Å². The molecule has 2 aliphatic heterocycles. The maximum Gasteiger partial charge on any atom is 2.00 e. The number of nitrogens with zero attached hydrogens (tertiary/aromatic N) is 4. The smallest absolute Gasteiger partial charge is 0.872 e. The van der Waals surface area contributed by atoms with E-state index in [0.29, 0.717) is 5.71 Å². The van der Waals surface area contributed by atoms with Gasteiger partial charge in [0.1, 0.15) is 6.34 Å². The van der Waals surface area contributed by atoms with E-state index >= 15 is 0 Å². The molecule has 0 aliphatic carbocycles. The second-order valence-corrected chi connectivity index (χ2v) is 6.51. The molecule has 172 valence electrons. The standard InChI is InChI=1S/C7H8N4O2.2C7H6O3.Ca/c1-10-5-4(8-3-9-5)6(12)11(2)7(10)13;2*8-6-4-2-1-3-5(6)7(9)10;/h3,5H,1-2H3;2*1-4,8H,(H,9,10);/q;;;+2/p-2. The number of carbonyl (C=O) groups excluding carboxylic acids is 2. The zero-order valence-electron chi connectivity index (χ0n) is 18.1. The molecule has 12 nitrogen and oxygen atoms in total. The van der Waals surface area contributed by atoms with Crippen molar-refractivity contribution in [3.63, 3.8) is 0 Å². The number of urea groups is 1. The number of imide groups is 1. The van der Waals surface area contributed by atoms with Crippen molar-refractivity contribution in [2.45, 2.75) is 6.17 Å². The van der Waals surface area contributed by atoms with E-state index in [1.54, 1.807) is 7.05 Å². The summed E-state index contributed by atoms with van der Waals surface area (Å²) in [5.74, 6) is -3.62. The zero-order valence-corrected chi connectivity index (χ0v) is 20.3. The molecule has 1 unspecified atom stereocenters. The Morgan fingerprint density at radius 3 is 1.71 bits per heavy atom. The maximum absolute atomic E-state index is 11.4. The molecule has 1 saturated heterocycles. The molecule has 0 bridgehead atoms. The van der Waals surface area contributed by atoms with Crippen LogP contribution in [-0.4, -0.2) is 114 Å². The van der Waals surface area contributed by atoms with Crippen molar-refractivity contribution in [1.82, 2.24) is 9.80 Å². The fraction of sp³-hybridized carbons (Fsp3) is 0.143. The van der Waals surface area contributed by atoms with Crippen molar-refractivity contribution < 1.29 is 39.6 Å². The van der Waals surface area contributed by atoms with E-state index in [4.69, 9.17) is 10.2 Å². The predicted octanol–water partition coefficient (Wildman–Crippen LogP) is -0.145. The van der Waals surface area contributed by atoms with Crippen LogP contribution in [0.3, 0.4) is 0 Å².